The molecule has 0 heterocycles. The topological polar surface area (TPSA) is 29.1 Å². The van der Waals surface area contributed by atoms with Crippen molar-refractivity contribution >= 4 is 24.2 Å². The van der Waals surface area contributed by atoms with Crippen LogP contribution in [0.25, 0.3) is 0 Å². The highest BCUT2D eigenvalue weighted by atomic mass is 32.1. The second-order valence-electron chi connectivity index (χ2n) is 3.61. The van der Waals surface area contributed by atoms with Gasteiger partial charge in [0.05, 0.1) is 0 Å². The zero-order valence-electron chi connectivity index (χ0n) is 9.10. The number of thiol groups is 1. The Hall–Kier alpha value is -0.960. The molecular formula is C12H17NOS. The first-order chi connectivity index (χ1) is 7.15. The fraction of sp³-hybridized carbons (Fsp3) is 0.417. The zero-order valence-corrected chi connectivity index (χ0v) is 10.00. The minimum absolute atomic E-state index is 0.0338. The van der Waals surface area contributed by atoms with E-state index in [1.807, 2.05) is 44.2 Å². The first-order valence-electron chi connectivity index (χ1n) is 5.19. The van der Waals surface area contributed by atoms with Gasteiger partial charge in [0, 0.05) is 16.9 Å². The first kappa shape index (κ1) is 12.1. The van der Waals surface area contributed by atoms with Gasteiger partial charge in [-0.25, -0.2) is 0 Å². The maximum atomic E-state index is 11.8. The van der Waals surface area contributed by atoms with Crippen molar-refractivity contribution in [3.63, 3.8) is 0 Å². The van der Waals surface area contributed by atoms with Gasteiger partial charge in [0.25, 0.3) is 0 Å². The summed E-state index contributed by atoms with van der Waals surface area (Å²) >= 11 is 4.32. The lowest BCUT2D eigenvalue weighted by molar-refractivity contribution is -0.119. The molecule has 0 bridgehead atoms. The fourth-order valence-corrected chi connectivity index (χ4v) is 1.85. The van der Waals surface area contributed by atoms with Crippen LogP contribution in [0.2, 0.25) is 0 Å². The monoisotopic (exact) mass is 223 g/mol. The molecule has 2 atom stereocenters. The summed E-state index contributed by atoms with van der Waals surface area (Å²) in [6.07, 6.45) is 0.809. The van der Waals surface area contributed by atoms with Crippen LogP contribution in [0, 0.1) is 5.92 Å². The Morgan fingerprint density at radius 1 is 1.40 bits per heavy atom. The van der Waals surface area contributed by atoms with Crippen LogP contribution < -0.4 is 5.32 Å². The molecule has 1 N–H and O–H groups in total. The summed E-state index contributed by atoms with van der Waals surface area (Å²) in [6, 6.07) is 9.50. The number of rotatable bonds is 4. The quantitative estimate of drug-likeness (QED) is 0.755. The molecule has 0 aromatic heterocycles. The van der Waals surface area contributed by atoms with E-state index in [1.165, 1.54) is 0 Å². The van der Waals surface area contributed by atoms with Crippen molar-refractivity contribution in [2.24, 2.45) is 5.92 Å². The van der Waals surface area contributed by atoms with Gasteiger partial charge in [0.15, 0.2) is 0 Å². The minimum Gasteiger partial charge on any atom is -0.326 e. The third-order valence-corrected chi connectivity index (χ3v) is 2.76. The van der Waals surface area contributed by atoms with E-state index in [-0.39, 0.29) is 17.1 Å². The molecule has 0 saturated heterocycles. The molecule has 15 heavy (non-hydrogen) atoms. The van der Waals surface area contributed by atoms with Gasteiger partial charge in [0.2, 0.25) is 5.91 Å². The lowest BCUT2D eigenvalue weighted by atomic mass is 10.0. The number of carbonyl (C=O) groups is 1. The van der Waals surface area contributed by atoms with E-state index in [0.717, 1.165) is 12.1 Å². The Kier molecular flexibility index (Phi) is 4.69. The van der Waals surface area contributed by atoms with Crippen molar-refractivity contribution in [3.8, 4) is 0 Å². The third-order valence-electron chi connectivity index (χ3n) is 2.40. The predicted molar refractivity (Wildman–Crippen MR) is 67.3 cm³/mol. The van der Waals surface area contributed by atoms with E-state index in [2.05, 4.69) is 17.9 Å². The molecule has 0 saturated carbocycles. The lowest BCUT2D eigenvalue weighted by Crippen LogP contribution is -2.28. The number of amides is 1. The van der Waals surface area contributed by atoms with Crippen LogP contribution in [-0.2, 0) is 4.79 Å². The summed E-state index contributed by atoms with van der Waals surface area (Å²) in [5.74, 6) is 0.0136. The summed E-state index contributed by atoms with van der Waals surface area (Å²) in [5.41, 5.74) is 0.843. The van der Waals surface area contributed by atoms with Crippen molar-refractivity contribution in [1.29, 1.82) is 0 Å². The summed E-state index contributed by atoms with van der Waals surface area (Å²) in [4.78, 5) is 11.8. The van der Waals surface area contributed by atoms with Crippen LogP contribution in [-0.4, -0.2) is 11.2 Å². The Labute approximate surface area is 96.5 Å². The van der Waals surface area contributed by atoms with Gasteiger partial charge in [-0.1, -0.05) is 32.0 Å². The van der Waals surface area contributed by atoms with Gasteiger partial charge in [-0.05, 0) is 18.6 Å². The second kappa shape index (κ2) is 5.81. The van der Waals surface area contributed by atoms with E-state index in [0.29, 0.717) is 0 Å². The fourth-order valence-electron chi connectivity index (χ4n) is 1.50. The highest BCUT2D eigenvalue weighted by Crippen LogP contribution is 2.16. The lowest BCUT2D eigenvalue weighted by Gasteiger charge is -2.17. The maximum Gasteiger partial charge on any atom is 0.228 e. The molecule has 1 rings (SSSR count). The molecule has 3 heteroatoms. The van der Waals surface area contributed by atoms with Gasteiger partial charge in [-0.15, -0.1) is 0 Å². The normalized spacial score (nSPS) is 14.3. The average molecular weight is 223 g/mol. The van der Waals surface area contributed by atoms with Crippen LogP contribution in [0.3, 0.4) is 0 Å². The standard InChI is InChI=1S/C12H17NOS/c1-3-11(9(2)15)12(14)13-10-7-5-4-6-8-10/h4-9,11,15H,3H2,1-2H3,(H,13,14). The van der Waals surface area contributed by atoms with Crippen LogP contribution in [0.15, 0.2) is 30.3 Å². The van der Waals surface area contributed by atoms with Crippen molar-refractivity contribution in [2.45, 2.75) is 25.5 Å². The average Bonchev–Trinajstić information content (AvgIpc) is 2.19. The molecule has 2 nitrogen and oxygen atoms in total. The zero-order chi connectivity index (χ0) is 11.3. The Morgan fingerprint density at radius 3 is 2.47 bits per heavy atom. The molecule has 0 fully saturated rings. The molecule has 0 aliphatic heterocycles. The van der Waals surface area contributed by atoms with Crippen molar-refractivity contribution in [2.75, 3.05) is 5.32 Å². The van der Waals surface area contributed by atoms with Gasteiger partial charge < -0.3 is 5.32 Å². The molecule has 0 aliphatic carbocycles. The van der Waals surface area contributed by atoms with E-state index >= 15 is 0 Å². The van der Waals surface area contributed by atoms with Gasteiger partial charge in [-0.3, -0.25) is 4.79 Å². The van der Waals surface area contributed by atoms with Gasteiger partial charge >= 0.3 is 0 Å². The molecular weight excluding hydrogens is 206 g/mol. The summed E-state index contributed by atoms with van der Waals surface area (Å²) in [5, 5.41) is 2.97. The second-order valence-corrected chi connectivity index (χ2v) is 4.43. The van der Waals surface area contributed by atoms with Crippen molar-refractivity contribution < 1.29 is 4.79 Å². The van der Waals surface area contributed by atoms with E-state index in [4.69, 9.17) is 0 Å². The molecule has 0 spiro atoms. The molecule has 1 aromatic carbocycles. The smallest absolute Gasteiger partial charge is 0.228 e. The van der Waals surface area contributed by atoms with Crippen LogP contribution in [0.5, 0.6) is 0 Å². The number of para-hydroxylation sites is 1. The van der Waals surface area contributed by atoms with Gasteiger partial charge in [-0.2, -0.15) is 12.6 Å². The highest BCUT2D eigenvalue weighted by Gasteiger charge is 2.20. The Balaban J connectivity index is 2.62. The van der Waals surface area contributed by atoms with Gasteiger partial charge in [0.1, 0.15) is 0 Å². The van der Waals surface area contributed by atoms with E-state index < -0.39 is 0 Å². The molecule has 2 unspecified atom stereocenters. The molecule has 0 aliphatic rings. The predicted octanol–water partition coefficient (Wildman–Crippen LogP) is 2.97. The van der Waals surface area contributed by atoms with E-state index in [1.54, 1.807) is 0 Å². The SMILES string of the molecule is CCC(C(=O)Nc1ccccc1)C(C)S. The summed E-state index contributed by atoms with van der Waals surface area (Å²) in [6.45, 7) is 3.95. The number of benzene rings is 1. The van der Waals surface area contributed by atoms with Crippen molar-refractivity contribution in [1.82, 2.24) is 0 Å². The van der Waals surface area contributed by atoms with E-state index in [9.17, 15) is 4.79 Å². The first-order valence-corrected chi connectivity index (χ1v) is 5.70. The number of hydrogen-bond acceptors (Lipinski definition) is 2. The maximum absolute atomic E-state index is 11.8. The number of anilines is 1. The molecule has 1 aromatic rings. The number of nitrogens with one attached hydrogen (secondary N) is 1. The summed E-state index contributed by atoms with van der Waals surface area (Å²) in [7, 11) is 0. The van der Waals surface area contributed by atoms with Crippen LogP contribution in [0.1, 0.15) is 20.3 Å². The minimum atomic E-state index is -0.0338. The largest absolute Gasteiger partial charge is 0.326 e. The Morgan fingerprint density at radius 2 is 2.00 bits per heavy atom. The number of carbonyl (C=O) groups excluding carboxylic acids is 1. The molecule has 0 radical (unpaired) electrons. The third kappa shape index (κ3) is 3.59. The summed E-state index contributed by atoms with van der Waals surface area (Å²) < 4.78 is 0. The van der Waals surface area contributed by atoms with Crippen LogP contribution in [0.4, 0.5) is 5.69 Å². The highest BCUT2D eigenvalue weighted by molar-refractivity contribution is 7.81. The number of hydrogen-bond donors (Lipinski definition) is 2. The Bertz CT molecular complexity index is 311. The van der Waals surface area contributed by atoms with Crippen molar-refractivity contribution in [3.05, 3.63) is 30.3 Å². The molecule has 82 valence electrons. The molecule has 1 amide bonds. The van der Waals surface area contributed by atoms with Crippen LogP contribution >= 0.6 is 12.6 Å².